The zero-order chi connectivity index (χ0) is 17.5. The van der Waals surface area contributed by atoms with E-state index in [1.54, 1.807) is 4.90 Å². The third kappa shape index (κ3) is 4.88. The second-order valence-electron chi connectivity index (χ2n) is 6.30. The molecule has 6 nitrogen and oxygen atoms in total. The molecule has 1 fully saturated rings. The van der Waals surface area contributed by atoms with E-state index < -0.39 is 11.9 Å². The fourth-order valence-corrected chi connectivity index (χ4v) is 3.12. The summed E-state index contributed by atoms with van der Waals surface area (Å²) in [5, 5.41) is 12.1. The Hall–Kier alpha value is -2.24. The van der Waals surface area contributed by atoms with Gasteiger partial charge in [-0.1, -0.05) is 25.1 Å². The van der Waals surface area contributed by atoms with Gasteiger partial charge in [0, 0.05) is 19.6 Å². The van der Waals surface area contributed by atoms with Crippen LogP contribution in [0.15, 0.2) is 24.3 Å². The van der Waals surface area contributed by atoms with E-state index in [0.717, 1.165) is 11.3 Å². The van der Waals surface area contributed by atoms with Gasteiger partial charge in [-0.3, -0.25) is 4.79 Å². The van der Waals surface area contributed by atoms with Gasteiger partial charge in [0.1, 0.15) is 5.75 Å². The van der Waals surface area contributed by atoms with Crippen LogP contribution in [0.25, 0.3) is 0 Å². The number of nitrogens with one attached hydrogen (secondary N) is 1. The minimum atomic E-state index is -0.829. The van der Waals surface area contributed by atoms with Crippen molar-refractivity contribution in [1.82, 2.24) is 10.2 Å². The van der Waals surface area contributed by atoms with Crippen molar-refractivity contribution in [2.24, 2.45) is 11.8 Å². The van der Waals surface area contributed by atoms with E-state index >= 15 is 0 Å². The minimum absolute atomic E-state index is 0.193. The van der Waals surface area contributed by atoms with Crippen molar-refractivity contribution in [1.29, 1.82) is 0 Å². The summed E-state index contributed by atoms with van der Waals surface area (Å²) in [7, 11) is 0. The van der Waals surface area contributed by atoms with Crippen molar-refractivity contribution in [2.75, 3.05) is 26.2 Å². The van der Waals surface area contributed by atoms with Crippen LogP contribution in [0.4, 0.5) is 4.79 Å². The second-order valence-corrected chi connectivity index (χ2v) is 6.30. The molecule has 2 unspecified atom stereocenters. The van der Waals surface area contributed by atoms with Crippen LogP contribution in [0, 0.1) is 11.8 Å². The molecule has 0 aromatic heterocycles. The van der Waals surface area contributed by atoms with E-state index in [1.807, 2.05) is 38.1 Å². The Morgan fingerprint density at radius 3 is 2.79 bits per heavy atom. The molecule has 132 valence electrons. The lowest BCUT2D eigenvalue weighted by molar-refractivity contribution is -0.143. The molecule has 0 saturated carbocycles. The third-order valence-corrected chi connectivity index (χ3v) is 4.24. The number of nitrogens with zero attached hydrogens (tertiary/aromatic N) is 1. The van der Waals surface area contributed by atoms with Gasteiger partial charge in [-0.25, -0.2) is 4.79 Å². The van der Waals surface area contributed by atoms with Crippen LogP contribution in [-0.4, -0.2) is 48.2 Å². The number of likely N-dealkylation sites (tertiary alicyclic amines) is 1. The van der Waals surface area contributed by atoms with Gasteiger partial charge in [-0.2, -0.15) is 0 Å². The molecule has 1 aromatic rings. The normalized spacial score (nSPS) is 20.5. The van der Waals surface area contributed by atoms with Gasteiger partial charge in [-0.05, 0) is 37.3 Å². The first kappa shape index (κ1) is 18.1. The van der Waals surface area contributed by atoms with Gasteiger partial charge < -0.3 is 20.1 Å². The molecular weight excluding hydrogens is 308 g/mol. The monoisotopic (exact) mass is 334 g/mol. The van der Waals surface area contributed by atoms with E-state index in [1.165, 1.54) is 0 Å². The van der Waals surface area contributed by atoms with Crippen molar-refractivity contribution in [3.05, 3.63) is 29.8 Å². The summed E-state index contributed by atoms with van der Waals surface area (Å²) in [6, 6.07) is 7.59. The van der Waals surface area contributed by atoms with Gasteiger partial charge in [0.15, 0.2) is 0 Å². The van der Waals surface area contributed by atoms with Crippen molar-refractivity contribution in [2.45, 2.75) is 26.7 Å². The maximum absolute atomic E-state index is 12.3. The summed E-state index contributed by atoms with van der Waals surface area (Å²) < 4.78 is 5.58. The van der Waals surface area contributed by atoms with Gasteiger partial charge in [0.25, 0.3) is 0 Å². The van der Waals surface area contributed by atoms with Crippen molar-refractivity contribution < 1.29 is 19.4 Å². The molecule has 6 heteroatoms. The average Bonchev–Trinajstić information content (AvgIpc) is 2.56. The molecule has 0 spiro atoms. The maximum Gasteiger partial charge on any atom is 0.317 e. The smallest absolute Gasteiger partial charge is 0.317 e. The predicted octanol–water partition coefficient (Wildman–Crippen LogP) is 2.38. The number of carboxylic acid groups (broad SMARTS) is 1. The highest BCUT2D eigenvalue weighted by Gasteiger charge is 2.31. The molecule has 0 aliphatic carbocycles. The summed E-state index contributed by atoms with van der Waals surface area (Å²) in [4.78, 5) is 25.1. The van der Waals surface area contributed by atoms with Crippen LogP contribution in [-0.2, 0) is 11.2 Å². The fourth-order valence-electron chi connectivity index (χ4n) is 3.12. The largest absolute Gasteiger partial charge is 0.494 e. The van der Waals surface area contributed by atoms with Crippen LogP contribution < -0.4 is 10.1 Å². The number of carboxylic acids is 1. The van der Waals surface area contributed by atoms with Crippen LogP contribution >= 0.6 is 0 Å². The lowest BCUT2D eigenvalue weighted by atomic mass is 9.91. The third-order valence-electron chi connectivity index (χ3n) is 4.24. The number of rotatable bonds is 6. The van der Waals surface area contributed by atoms with Gasteiger partial charge in [-0.15, -0.1) is 0 Å². The highest BCUT2D eigenvalue weighted by Crippen LogP contribution is 2.22. The summed E-state index contributed by atoms with van der Waals surface area (Å²) >= 11 is 0. The number of ether oxygens (including phenoxy) is 1. The Labute approximate surface area is 142 Å². The van der Waals surface area contributed by atoms with Crippen molar-refractivity contribution in [3.8, 4) is 5.75 Å². The van der Waals surface area contributed by atoms with E-state index in [-0.39, 0.29) is 18.5 Å². The number of carbonyl (C=O) groups is 2. The van der Waals surface area contributed by atoms with E-state index in [0.29, 0.717) is 32.5 Å². The molecule has 2 amide bonds. The Balaban J connectivity index is 1.86. The number of hydrogen-bond acceptors (Lipinski definition) is 3. The molecule has 2 N–H and O–H groups in total. The van der Waals surface area contributed by atoms with Gasteiger partial charge in [0.05, 0.1) is 12.5 Å². The number of hydrogen-bond donors (Lipinski definition) is 2. The Bertz CT molecular complexity index is 576. The van der Waals surface area contributed by atoms with Crippen LogP contribution in [0.2, 0.25) is 0 Å². The minimum Gasteiger partial charge on any atom is -0.494 e. The molecule has 1 heterocycles. The molecule has 1 saturated heterocycles. The van der Waals surface area contributed by atoms with Gasteiger partial charge in [0.2, 0.25) is 0 Å². The lowest BCUT2D eigenvalue weighted by Gasteiger charge is -2.34. The highest BCUT2D eigenvalue weighted by atomic mass is 16.5. The summed E-state index contributed by atoms with van der Waals surface area (Å²) in [6.07, 6.45) is 1.30. The molecule has 24 heavy (non-hydrogen) atoms. The second kappa shape index (κ2) is 8.57. The lowest BCUT2D eigenvalue weighted by Crippen LogP contribution is -2.49. The van der Waals surface area contributed by atoms with E-state index in [9.17, 15) is 14.7 Å². The zero-order valence-electron chi connectivity index (χ0n) is 14.3. The topological polar surface area (TPSA) is 78.9 Å². The Morgan fingerprint density at radius 2 is 2.08 bits per heavy atom. The van der Waals surface area contributed by atoms with E-state index in [2.05, 4.69) is 5.32 Å². The quantitative estimate of drug-likeness (QED) is 0.837. The van der Waals surface area contributed by atoms with E-state index in [4.69, 9.17) is 4.74 Å². The molecule has 1 aliphatic heterocycles. The highest BCUT2D eigenvalue weighted by molar-refractivity contribution is 5.76. The number of urea groups is 1. The first-order chi connectivity index (χ1) is 11.5. The number of carbonyl (C=O) groups excluding carboxylic acids is 1. The number of piperidine rings is 1. The Morgan fingerprint density at radius 1 is 1.33 bits per heavy atom. The summed E-state index contributed by atoms with van der Waals surface area (Å²) in [5.74, 6) is -0.265. The van der Waals surface area contributed by atoms with Crippen LogP contribution in [0.5, 0.6) is 5.75 Å². The molecule has 1 aromatic carbocycles. The fraction of sp³-hybridized carbons (Fsp3) is 0.556. The zero-order valence-corrected chi connectivity index (χ0v) is 14.3. The summed E-state index contributed by atoms with van der Waals surface area (Å²) in [5.41, 5.74) is 1.05. The molecule has 0 radical (unpaired) electrons. The van der Waals surface area contributed by atoms with Gasteiger partial charge >= 0.3 is 12.0 Å². The van der Waals surface area contributed by atoms with Crippen LogP contribution in [0.1, 0.15) is 25.8 Å². The number of para-hydroxylation sites is 1. The average molecular weight is 334 g/mol. The van der Waals surface area contributed by atoms with Crippen LogP contribution in [0.3, 0.4) is 0 Å². The van der Waals surface area contributed by atoms with Crippen molar-refractivity contribution >= 4 is 12.0 Å². The number of aliphatic carboxylic acids is 1. The SMILES string of the molecule is CCOc1ccccc1CCNC(=O)N1CC(C)CC(C(=O)O)C1. The van der Waals surface area contributed by atoms with Crippen molar-refractivity contribution in [3.63, 3.8) is 0 Å². The molecule has 1 aliphatic rings. The standard InChI is InChI=1S/C18H26N2O4/c1-3-24-16-7-5-4-6-14(16)8-9-19-18(23)20-11-13(2)10-15(12-20)17(21)22/h4-7,13,15H,3,8-12H2,1-2H3,(H,19,23)(H,21,22). The maximum atomic E-state index is 12.3. The predicted molar refractivity (Wildman–Crippen MR) is 91.2 cm³/mol. The molecule has 2 atom stereocenters. The summed E-state index contributed by atoms with van der Waals surface area (Å²) in [6.45, 7) is 5.89. The number of benzene rings is 1. The first-order valence-electron chi connectivity index (χ1n) is 8.47. The molecule has 0 bridgehead atoms. The first-order valence-corrected chi connectivity index (χ1v) is 8.47. The molecular formula is C18H26N2O4. The molecule has 2 rings (SSSR count). The Kier molecular flexibility index (Phi) is 6.46. The number of amides is 2.